The highest BCUT2D eigenvalue weighted by Crippen LogP contribution is 2.19. The number of carboxylic acid groups (broad SMARTS) is 1. The summed E-state index contributed by atoms with van der Waals surface area (Å²) in [5, 5.41) is 17.7. The van der Waals surface area contributed by atoms with Gasteiger partial charge in [-0.1, -0.05) is 0 Å². The molecule has 20 heavy (non-hydrogen) atoms. The van der Waals surface area contributed by atoms with Crippen molar-refractivity contribution in [1.29, 1.82) is 0 Å². The lowest BCUT2D eigenvalue weighted by atomic mass is 10.1. The molecule has 0 aromatic carbocycles. The van der Waals surface area contributed by atoms with Crippen molar-refractivity contribution in [3.63, 3.8) is 0 Å². The number of rotatable bonds is 9. The summed E-state index contributed by atoms with van der Waals surface area (Å²) in [7, 11) is -3.73. The minimum atomic E-state index is -3.73. The fraction of sp³-hybridized carbons (Fsp3) is 0.909. The maximum atomic E-state index is 12.1. The molecule has 0 radical (unpaired) electrons. The molecule has 0 aliphatic carbocycles. The zero-order valence-corrected chi connectivity index (χ0v) is 13.0. The van der Waals surface area contributed by atoms with E-state index < -0.39 is 22.2 Å². The van der Waals surface area contributed by atoms with Crippen molar-refractivity contribution in [3.05, 3.63) is 0 Å². The van der Waals surface area contributed by atoms with Crippen LogP contribution in [0.3, 0.4) is 0 Å². The number of carbonyl (C=O) groups is 1. The van der Waals surface area contributed by atoms with Gasteiger partial charge in [0.05, 0.1) is 0 Å². The normalized spacial score (nSPS) is 20.9. The molecule has 1 aliphatic rings. The van der Waals surface area contributed by atoms with Crippen LogP contribution in [-0.4, -0.2) is 66.1 Å². The number of nitrogens with zero attached hydrogens (tertiary/aromatic N) is 1. The fourth-order valence-corrected chi connectivity index (χ4v) is 4.37. The number of hydrogen-bond donors (Lipinski definition) is 3. The van der Waals surface area contributed by atoms with Crippen LogP contribution in [0, 0.1) is 0 Å². The molecule has 0 aromatic heterocycles. The molecule has 0 amide bonds. The van der Waals surface area contributed by atoms with Gasteiger partial charge >= 0.3 is 5.97 Å². The molecule has 1 heterocycles. The molecule has 1 unspecified atom stereocenters. The quantitative estimate of drug-likeness (QED) is 0.510. The predicted octanol–water partition coefficient (Wildman–Crippen LogP) is -0.124. The largest absolute Gasteiger partial charge is 0.480 e. The Labute approximate surface area is 123 Å². The zero-order chi connectivity index (χ0) is 15.0. The standard InChI is InChI=1S/C11H22N2O5S2/c14-7-3-8-19-9-5-12-20(17,18)13-6-2-1-4-10(13)11(15)16/h10,12,14H,1-9H2,(H,15,16). The minimum absolute atomic E-state index is 0.132. The van der Waals surface area contributed by atoms with Gasteiger partial charge in [0.15, 0.2) is 0 Å². The molecule has 3 N–H and O–H groups in total. The number of aliphatic hydroxyl groups is 1. The summed E-state index contributed by atoms with van der Waals surface area (Å²) >= 11 is 1.55. The van der Waals surface area contributed by atoms with Gasteiger partial charge in [0.1, 0.15) is 6.04 Å². The maximum absolute atomic E-state index is 12.1. The number of aliphatic carboxylic acids is 1. The van der Waals surface area contributed by atoms with Crippen molar-refractivity contribution in [2.75, 3.05) is 31.2 Å². The van der Waals surface area contributed by atoms with Crippen molar-refractivity contribution in [2.24, 2.45) is 0 Å². The smallest absolute Gasteiger partial charge is 0.322 e. The molecule has 0 saturated carbocycles. The van der Waals surface area contributed by atoms with E-state index in [9.17, 15) is 13.2 Å². The van der Waals surface area contributed by atoms with Crippen molar-refractivity contribution < 1.29 is 23.4 Å². The number of piperidine rings is 1. The van der Waals surface area contributed by atoms with E-state index in [1.807, 2.05) is 0 Å². The van der Waals surface area contributed by atoms with Gasteiger partial charge in [-0.2, -0.15) is 24.5 Å². The van der Waals surface area contributed by atoms with E-state index >= 15 is 0 Å². The highest BCUT2D eigenvalue weighted by molar-refractivity contribution is 7.99. The first-order valence-electron chi connectivity index (χ1n) is 6.67. The van der Waals surface area contributed by atoms with Crippen LogP contribution < -0.4 is 4.72 Å². The molecule has 0 bridgehead atoms. The van der Waals surface area contributed by atoms with Crippen LogP contribution in [0.1, 0.15) is 25.7 Å². The summed E-state index contributed by atoms with van der Waals surface area (Å²) in [6, 6.07) is -0.955. The van der Waals surface area contributed by atoms with E-state index in [0.717, 1.165) is 16.5 Å². The summed E-state index contributed by atoms with van der Waals surface area (Å²) in [6.45, 7) is 0.651. The first kappa shape index (κ1) is 17.7. The summed E-state index contributed by atoms with van der Waals surface area (Å²) in [4.78, 5) is 11.1. The van der Waals surface area contributed by atoms with E-state index in [-0.39, 0.29) is 19.7 Å². The van der Waals surface area contributed by atoms with Gasteiger partial charge in [-0.3, -0.25) is 4.79 Å². The van der Waals surface area contributed by atoms with Crippen molar-refractivity contribution >= 4 is 27.9 Å². The van der Waals surface area contributed by atoms with E-state index in [2.05, 4.69) is 4.72 Å². The van der Waals surface area contributed by atoms with Crippen LogP contribution in [0.4, 0.5) is 0 Å². The van der Waals surface area contributed by atoms with Crippen LogP contribution >= 0.6 is 11.8 Å². The number of nitrogens with one attached hydrogen (secondary N) is 1. The number of carboxylic acids is 1. The SMILES string of the molecule is O=C(O)C1CCCCN1S(=O)(=O)NCCSCCCO. The number of thioether (sulfide) groups is 1. The third kappa shape index (κ3) is 5.57. The second-order valence-electron chi connectivity index (χ2n) is 4.55. The van der Waals surface area contributed by atoms with Gasteiger partial charge in [0.2, 0.25) is 0 Å². The summed E-state index contributed by atoms with van der Waals surface area (Å²) in [5.41, 5.74) is 0. The van der Waals surface area contributed by atoms with Crippen molar-refractivity contribution in [1.82, 2.24) is 9.03 Å². The van der Waals surface area contributed by atoms with E-state index in [1.54, 1.807) is 11.8 Å². The molecule has 9 heteroatoms. The lowest BCUT2D eigenvalue weighted by Crippen LogP contribution is -2.52. The Morgan fingerprint density at radius 3 is 2.75 bits per heavy atom. The molecule has 1 atom stereocenters. The van der Waals surface area contributed by atoms with Crippen LogP contribution in [0.15, 0.2) is 0 Å². The lowest BCUT2D eigenvalue weighted by molar-refractivity contribution is -0.142. The maximum Gasteiger partial charge on any atom is 0.322 e. The minimum Gasteiger partial charge on any atom is -0.480 e. The Morgan fingerprint density at radius 2 is 2.10 bits per heavy atom. The van der Waals surface area contributed by atoms with Gasteiger partial charge < -0.3 is 10.2 Å². The summed E-state index contributed by atoms with van der Waals surface area (Å²) in [6.07, 6.45) is 2.47. The highest BCUT2D eigenvalue weighted by Gasteiger charge is 2.36. The molecular formula is C11H22N2O5S2. The van der Waals surface area contributed by atoms with Crippen LogP contribution in [-0.2, 0) is 15.0 Å². The molecular weight excluding hydrogens is 304 g/mol. The van der Waals surface area contributed by atoms with Crippen molar-refractivity contribution in [3.8, 4) is 0 Å². The average Bonchev–Trinajstić information content (AvgIpc) is 2.42. The number of aliphatic hydroxyl groups excluding tert-OH is 1. The Kier molecular flexibility index (Phi) is 7.82. The number of hydrogen-bond acceptors (Lipinski definition) is 5. The van der Waals surface area contributed by atoms with Gasteiger partial charge in [0, 0.05) is 25.4 Å². The second-order valence-corrected chi connectivity index (χ2v) is 7.48. The molecule has 0 aromatic rings. The first-order chi connectivity index (χ1) is 9.49. The monoisotopic (exact) mass is 326 g/mol. The average molecular weight is 326 g/mol. The molecule has 0 spiro atoms. The fourth-order valence-electron chi connectivity index (χ4n) is 2.03. The lowest BCUT2D eigenvalue weighted by Gasteiger charge is -2.31. The van der Waals surface area contributed by atoms with E-state index in [4.69, 9.17) is 10.2 Å². The Balaban J connectivity index is 2.43. The molecule has 1 aliphatic heterocycles. The molecule has 1 saturated heterocycles. The second kappa shape index (κ2) is 8.83. The van der Waals surface area contributed by atoms with Crippen LogP contribution in [0.5, 0.6) is 0 Å². The molecule has 1 fully saturated rings. The molecule has 7 nitrogen and oxygen atoms in total. The zero-order valence-electron chi connectivity index (χ0n) is 11.3. The third-order valence-electron chi connectivity index (χ3n) is 3.03. The first-order valence-corrected chi connectivity index (χ1v) is 9.26. The van der Waals surface area contributed by atoms with Crippen LogP contribution in [0.25, 0.3) is 0 Å². The third-order valence-corrected chi connectivity index (χ3v) is 5.72. The molecule has 118 valence electrons. The Hall–Kier alpha value is -0.350. The van der Waals surface area contributed by atoms with E-state index in [1.165, 1.54) is 0 Å². The van der Waals surface area contributed by atoms with Gasteiger partial charge in [0.25, 0.3) is 10.2 Å². The topological polar surface area (TPSA) is 107 Å². The molecule has 1 rings (SSSR count). The van der Waals surface area contributed by atoms with E-state index in [0.29, 0.717) is 25.0 Å². The van der Waals surface area contributed by atoms with Gasteiger partial charge in [-0.15, -0.1) is 0 Å². The summed E-state index contributed by atoms with van der Waals surface area (Å²) < 4.78 is 27.7. The highest BCUT2D eigenvalue weighted by atomic mass is 32.2. The summed E-state index contributed by atoms with van der Waals surface area (Å²) in [5.74, 6) is 0.289. The Bertz CT molecular complexity index is 402. The predicted molar refractivity (Wildman–Crippen MR) is 77.9 cm³/mol. The van der Waals surface area contributed by atoms with Crippen molar-refractivity contribution in [2.45, 2.75) is 31.7 Å². The van der Waals surface area contributed by atoms with Gasteiger partial charge in [-0.25, -0.2) is 4.72 Å². The Morgan fingerprint density at radius 1 is 1.35 bits per heavy atom. The van der Waals surface area contributed by atoms with Gasteiger partial charge in [-0.05, 0) is 31.4 Å². The van der Waals surface area contributed by atoms with Crippen LogP contribution in [0.2, 0.25) is 0 Å².